The summed E-state index contributed by atoms with van der Waals surface area (Å²) in [6.45, 7) is 3.33. The molecule has 0 amide bonds. The van der Waals surface area contributed by atoms with Crippen molar-refractivity contribution in [3.05, 3.63) is 12.2 Å². The van der Waals surface area contributed by atoms with E-state index in [2.05, 4.69) is 0 Å². The monoisotopic (exact) mass is 196 g/mol. The molecule has 78 valence electrons. The molecule has 1 rings (SSSR count). The third kappa shape index (κ3) is 1.78. The highest BCUT2D eigenvalue weighted by Gasteiger charge is 2.33. The average molecular weight is 196 g/mol. The summed E-state index contributed by atoms with van der Waals surface area (Å²) in [5.74, 6) is -5.25. The van der Waals surface area contributed by atoms with Crippen molar-refractivity contribution in [2.24, 2.45) is 23.7 Å². The van der Waals surface area contributed by atoms with Crippen LogP contribution < -0.4 is 10.2 Å². The highest BCUT2D eigenvalue weighted by atomic mass is 16.4. The molecule has 0 aliphatic heterocycles. The second-order valence-electron chi connectivity index (χ2n) is 3.79. The van der Waals surface area contributed by atoms with Crippen molar-refractivity contribution in [2.75, 3.05) is 0 Å². The first kappa shape index (κ1) is 10.8. The second-order valence-corrected chi connectivity index (χ2v) is 3.79. The van der Waals surface area contributed by atoms with Gasteiger partial charge in [0.2, 0.25) is 0 Å². The molecule has 4 atom stereocenters. The van der Waals surface area contributed by atoms with E-state index in [1.165, 1.54) is 0 Å². The highest BCUT2D eigenvalue weighted by Crippen LogP contribution is 2.33. The minimum atomic E-state index is -1.32. The van der Waals surface area contributed by atoms with Crippen molar-refractivity contribution in [2.45, 2.75) is 13.8 Å². The van der Waals surface area contributed by atoms with Crippen LogP contribution in [-0.4, -0.2) is 11.9 Å². The Hall–Kier alpha value is -1.32. The van der Waals surface area contributed by atoms with Gasteiger partial charge >= 0.3 is 0 Å². The first-order valence-corrected chi connectivity index (χ1v) is 4.55. The number of allylic oxidation sites excluding steroid dienone is 2. The van der Waals surface area contributed by atoms with Crippen molar-refractivity contribution >= 4 is 11.9 Å². The van der Waals surface area contributed by atoms with Crippen LogP contribution in [0.4, 0.5) is 0 Å². The maximum Gasteiger partial charge on any atom is 0.0457 e. The lowest BCUT2D eigenvalue weighted by Gasteiger charge is -2.38. The molecule has 0 aromatic rings. The molecule has 0 N–H and O–H groups in total. The van der Waals surface area contributed by atoms with E-state index >= 15 is 0 Å². The fourth-order valence-electron chi connectivity index (χ4n) is 1.97. The Morgan fingerprint density at radius 1 is 0.929 bits per heavy atom. The molecular weight excluding hydrogens is 184 g/mol. The van der Waals surface area contributed by atoms with E-state index in [4.69, 9.17) is 0 Å². The predicted molar refractivity (Wildman–Crippen MR) is 44.5 cm³/mol. The van der Waals surface area contributed by atoms with Gasteiger partial charge in [-0.3, -0.25) is 0 Å². The lowest BCUT2D eigenvalue weighted by atomic mass is 9.72. The van der Waals surface area contributed by atoms with E-state index in [0.717, 1.165) is 0 Å². The van der Waals surface area contributed by atoms with Crippen LogP contribution in [0, 0.1) is 23.7 Å². The quantitative estimate of drug-likeness (QED) is 0.506. The Labute approximate surface area is 82.2 Å². The molecule has 0 aromatic heterocycles. The molecule has 0 aromatic carbocycles. The van der Waals surface area contributed by atoms with Gasteiger partial charge in [0.05, 0.1) is 0 Å². The summed E-state index contributed by atoms with van der Waals surface area (Å²) in [5.41, 5.74) is 0. The zero-order valence-electron chi connectivity index (χ0n) is 8.10. The van der Waals surface area contributed by atoms with E-state index in [1.807, 2.05) is 0 Å². The number of carboxylic acid groups (broad SMARTS) is 2. The SMILES string of the molecule is C[C@@H]1C=C[C@H](C)[C@H](C(=O)[O-])[C@@H]1C(=O)[O-]. The molecule has 14 heavy (non-hydrogen) atoms. The molecule has 4 heteroatoms. The molecule has 1 aliphatic rings. The smallest absolute Gasteiger partial charge is 0.0457 e. The number of hydrogen-bond donors (Lipinski definition) is 0. The normalized spacial score (nSPS) is 36.7. The Morgan fingerprint density at radius 2 is 1.21 bits per heavy atom. The summed E-state index contributed by atoms with van der Waals surface area (Å²) in [6, 6.07) is 0. The van der Waals surface area contributed by atoms with Crippen LogP contribution in [0.3, 0.4) is 0 Å². The fourth-order valence-corrected chi connectivity index (χ4v) is 1.97. The molecule has 4 nitrogen and oxygen atoms in total. The summed E-state index contributed by atoms with van der Waals surface area (Å²) in [4.78, 5) is 21.6. The van der Waals surface area contributed by atoms with Gasteiger partial charge in [-0.25, -0.2) is 0 Å². The van der Waals surface area contributed by atoms with Gasteiger partial charge in [0.25, 0.3) is 0 Å². The summed E-state index contributed by atoms with van der Waals surface area (Å²) >= 11 is 0. The molecule has 0 saturated carbocycles. The molecule has 0 radical (unpaired) electrons. The lowest BCUT2D eigenvalue weighted by Crippen LogP contribution is -2.49. The Balaban J connectivity index is 3.02. The zero-order valence-corrected chi connectivity index (χ0v) is 8.10. The van der Waals surface area contributed by atoms with Crippen molar-refractivity contribution in [1.29, 1.82) is 0 Å². The van der Waals surface area contributed by atoms with Crippen LogP contribution in [0.15, 0.2) is 12.2 Å². The van der Waals surface area contributed by atoms with Gasteiger partial charge in [0.1, 0.15) is 0 Å². The van der Waals surface area contributed by atoms with Crippen molar-refractivity contribution in [3.8, 4) is 0 Å². The van der Waals surface area contributed by atoms with Gasteiger partial charge in [-0.15, -0.1) is 0 Å². The maximum atomic E-state index is 10.8. The number of hydrogen-bond acceptors (Lipinski definition) is 4. The van der Waals surface area contributed by atoms with Crippen molar-refractivity contribution in [3.63, 3.8) is 0 Å². The number of rotatable bonds is 2. The van der Waals surface area contributed by atoms with Gasteiger partial charge in [-0.2, -0.15) is 0 Å². The Kier molecular flexibility index (Phi) is 2.93. The molecule has 0 bridgehead atoms. The highest BCUT2D eigenvalue weighted by molar-refractivity contribution is 5.79. The molecule has 1 aliphatic carbocycles. The van der Waals surface area contributed by atoms with Gasteiger partial charge in [-0.05, 0) is 11.8 Å². The van der Waals surface area contributed by atoms with Crippen molar-refractivity contribution in [1.82, 2.24) is 0 Å². The average Bonchev–Trinajstić information content (AvgIpc) is 2.07. The summed E-state index contributed by atoms with van der Waals surface area (Å²) < 4.78 is 0. The molecular formula is C10H12O4-2. The number of carboxylic acids is 2. The van der Waals surface area contributed by atoms with Crippen molar-refractivity contribution < 1.29 is 19.8 Å². The molecule has 0 fully saturated rings. The van der Waals surface area contributed by atoms with E-state index in [0.29, 0.717) is 0 Å². The van der Waals surface area contributed by atoms with Crippen LogP contribution in [0.25, 0.3) is 0 Å². The molecule has 0 saturated heterocycles. The lowest BCUT2D eigenvalue weighted by molar-refractivity contribution is -0.329. The first-order valence-electron chi connectivity index (χ1n) is 4.55. The van der Waals surface area contributed by atoms with Crippen LogP contribution in [0.2, 0.25) is 0 Å². The Bertz CT molecular complexity index is 254. The van der Waals surface area contributed by atoms with E-state index in [-0.39, 0.29) is 11.8 Å². The van der Waals surface area contributed by atoms with E-state index in [1.54, 1.807) is 26.0 Å². The molecule has 0 spiro atoms. The van der Waals surface area contributed by atoms with E-state index in [9.17, 15) is 19.8 Å². The third-order valence-electron chi connectivity index (χ3n) is 2.78. The van der Waals surface area contributed by atoms with Crippen LogP contribution in [0.1, 0.15) is 13.8 Å². The summed E-state index contributed by atoms with van der Waals surface area (Å²) in [7, 11) is 0. The van der Waals surface area contributed by atoms with Gasteiger partial charge in [-0.1, -0.05) is 26.0 Å². The van der Waals surface area contributed by atoms with E-state index < -0.39 is 23.8 Å². The topological polar surface area (TPSA) is 80.3 Å². The largest absolute Gasteiger partial charge is 0.550 e. The molecule has 0 heterocycles. The number of aliphatic carboxylic acids is 2. The number of carbonyl (C=O) groups is 2. The predicted octanol–water partition coefficient (Wildman–Crippen LogP) is -1.44. The Morgan fingerprint density at radius 3 is 1.43 bits per heavy atom. The zero-order chi connectivity index (χ0) is 10.9. The molecule has 0 unspecified atom stereocenters. The van der Waals surface area contributed by atoms with Crippen LogP contribution in [0.5, 0.6) is 0 Å². The number of carbonyl (C=O) groups excluding carboxylic acids is 2. The summed E-state index contributed by atoms with van der Waals surface area (Å²) in [5, 5.41) is 21.6. The second kappa shape index (κ2) is 3.82. The minimum absolute atomic E-state index is 0.320. The van der Waals surface area contributed by atoms with Crippen LogP contribution in [-0.2, 0) is 9.59 Å². The summed E-state index contributed by atoms with van der Waals surface area (Å²) in [6.07, 6.45) is 3.43. The fraction of sp³-hybridized carbons (Fsp3) is 0.600. The third-order valence-corrected chi connectivity index (χ3v) is 2.78. The van der Waals surface area contributed by atoms with Gasteiger partial charge in [0.15, 0.2) is 0 Å². The van der Waals surface area contributed by atoms with Gasteiger partial charge < -0.3 is 19.8 Å². The van der Waals surface area contributed by atoms with Crippen LogP contribution >= 0.6 is 0 Å². The maximum absolute atomic E-state index is 10.8. The first-order chi connectivity index (χ1) is 6.45. The van der Waals surface area contributed by atoms with Gasteiger partial charge in [0, 0.05) is 23.8 Å². The minimum Gasteiger partial charge on any atom is -0.550 e. The standard InChI is InChI=1S/C10H14O4/c1-5-3-4-6(2)8(10(13)14)7(5)9(11)12/h3-8H,1-2H3,(H,11,12)(H,13,14)/p-2/t5-,6+,7-,8+.